The number of carbonyl (C=O) groups excluding carboxylic acids is 2. The zero-order valence-electron chi connectivity index (χ0n) is 11.1. The maximum Gasteiger partial charge on any atom is 0.234 e. The lowest BCUT2D eigenvalue weighted by molar-refractivity contribution is -0.123. The van der Waals surface area contributed by atoms with Crippen LogP contribution in [-0.2, 0) is 11.8 Å². The smallest absolute Gasteiger partial charge is 0.234 e. The van der Waals surface area contributed by atoms with Crippen LogP contribution in [0.4, 0.5) is 0 Å². The van der Waals surface area contributed by atoms with E-state index in [0.717, 1.165) is 23.5 Å². The highest BCUT2D eigenvalue weighted by Gasteiger charge is 2.21. The first-order valence-corrected chi connectivity index (χ1v) is 6.14. The lowest BCUT2D eigenvalue weighted by Crippen LogP contribution is -2.49. The van der Waals surface area contributed by atoms with E-state index in [2.05, 4.69) is 5.32 Å². The van der Waals surface area contributed by atoms with Gasteiger partial charge in [0.1, 0.15) is 0 Å². The predicted octanol–water partition coefficient (Wildman–Crippen LogP) is 0.256. The van der Waals surface area contributed by atoms with Crippen molar-refractivity contribution in [2.75, 3.05) is 26.2 Å². The Hall–Kier alpha value is -1.62. The number of amides is 1. The van der Waals surface area contributed by atoms with Crippen LogP contribution in [-0.4, -0.2) is 47.3 Å². The highest BCUT2D eigenvalue weighted by molar-refractivity contribution is 5.99. The summed E-state index contributed by atoms with van der Waals surface area (Å²) < 4.78 is 2.01. The van der Waals surface area contributed by atoms with Gasteiger partial charge in [-0.1, -0.05) is 0 Å². The fourth-order valence-electron chi connectivity index (χ4n) is 2.25. The molecule has 1 N–H and O–H groups in total. The molecule has 1 amide bonds. The van der Waals surface area contributed by atoms with Crippen LogP contribution in [0.1, 0.15) is 21.7 Å². The van der Waals surface area contributed by atoms with Crippen molar-refractivity contribution >= 4 is 11.7 Å². The third-order valence-electron chi connectivity index (χ3n) is 3.56. The van der Waals surface area contributed by atoms with Crippen molar-refractivity contribution in [3.05, 3.63) is 23.0 Å². The van der Waals surface area contributed by atoms with Crippen molar-refractivity contribution < 1.29 is 9.59 Å². The summed E-state index contributed by atoms with van der Waals surface area (Å²) in [6.07, 6.45) is 0. The van der Waals surface area contributed by atoms with Crippen LogP contribution in [0.15, 0.2) is 6.07 Å². The SMILES string of the molecule is Cc1cc(C(=O)CN2CCNC(=O)C2)c(C)n1C. The number of rotatable bonds is 3. The molecule has 1 aromatic rings. The number of carbonyl (C=O) groups is 2. The number of Topliss-reactive ketones (excluding diaryl/α,β-unsaturated/α-hetero) is 1. The van der Waals surface area contributed by atoms with E-state index in [1.54, 1.807) is 0 Å². The van der Waals surface area contributed by atoms with Gasteiger partial charge in [0.2, 0.25) is 5.91 Å². The Balaban J connectivity index is 2.07. The molecule has 18 heavy (non-hydrogen) atoms. The molecule has 1 fully saturated rings. The van der Waals surface area contributed by atoms with Gasteiger partial charge in [0.05, 0.1) is 13.1 Å². The minimum absolute atomic E-state index is 0.00462. The number of nitrogens with zero attached hydrogens (tertiary/aromatic N) is 2. The normalized spacial score (nSPS) is 16.7. The predicted molar refractivity (Wildman–Crippen MR) is 68.7 cm³/mol. The molecule has 0 saturated carbocycles. The summed E-state index contributed by atoms with van der Waals surface area (Å²) in [6, 6.07) is 1.92. The lowest BCUT2D eigenvalue weighted by atomic mass is 10.1. The van der Waals surface area contributed by atoms with Crippen molar-refractivity contribution in [3.63, 3.8) is 0 Å². The fourth-order valence-corrected chi connectivity index (χ4v) is 2.25. The number of ketones is 1. The van der Waals surface area contributed by atoms with Crippen LogP contribution in [0.25, 0.3) is 0 Å². The second-order valence-electron chi connectivity index (χ2n) is 4.83. The molecule has 5 nitrogen and oxygen atoms in total. The van der Waals surface area contributed by atoms with E-state index in [-0.39, 0.29) is 11.7 Å². The Morgan fingerprint density at radius 3 is 2.72 bits per heavy atom. The largest absolute Gasteiger partial charge is 0.354 e. The second-order valence-corrected chi connectivity index (χ2v) is 4.83. The van der Waals surface area contributed by atoms with Gasteiger partial charge in [-0.15, -0.1) is 0 Å². The molecule has 0 atom stereocenters. The van der Waals surface area contributed by atoms with Crippen LogP contribution >= 0.6 is 0 Å². The molecule has 1 aliphatic rings. The third kappa shape index (κ3) is 2.46. The van der Waals surface area contributed by atoms with Crippen LogP contribution in [0.2, 0.25) is 0 Å². The van der Waals surface area contributed by atoms with Gasteiger partial charge in [-0.3, -0.25) is 14.5 Å². The molecular formula is C13H19N3O2. The standard InChI is InChI=1S/C13H19N3O2/c1-9-6-11(10(2)15(9)3)12(17)7-16-5-4-14-13(18)8-16/h6H,4-5,7-8H2,1-3H3,(H,14,18). The monoisotopic (exact) mass is 249 g/mol. The van der Waals surface area contributed by atoms with Crippen molar-refractivity contribution in [3.8, 4) is 0 Å². The van der Waals surface area contributed by atoms with Crippen LogP contribution < -0.4 is 5.32 Å². The molecule has 2 rings (SSSR count). The van der Waals surface area contributed by atoms with E-state index < -0.39 is 0 Å². The fraction of sp³-hybridized carbons (Fsp3) is 0.538. The molecule has 5 heteroatoms. The van der Waals surface area contributed by atoms with Gasteiger partial charge in [0.15, 0.2) is 5.78 Å². The van der Waals surface area contributed by atoms with Gasteiger partial charge in [-0.25, -0.2) is 0 Å². The Morgan fingerprint density at radius 1 is 1.44 bits per heavy atom. The van der Waals surface area contributed by atoms with Crippen molar-refractivity contribution in [1.82, 2.24) is 14.8 Å². The van der Waals surface area contributed by atoms with E-state index in [4.69, 9.17) is 0 Å². The molecule has 0 bridgehead atoms. The molecule has 0 radical (unpaired) electrons. The van der Waals surface area contributed by atoms with Gasteiger partial charge in [0.25, 0.3) is 0 Å². The molecule has 1 aliphatic heterocycles. The Morgan fingerprint density at radius 2 is 2.17 bits per heavy atom. The van der Waals surface area contributed by atoms with Gasteiger partial charge in [-0.05, 0) is 19.9 Å². The number of hydrogen-bond acceptors (Lipinski definition) is 3. The maximum absolute atomic E-state index is 12.2. The summed E-state index contributed by atoms with van der Waals surface area (Å²) in [5.74, 6) is 0.0842. The van der Waals surface area contributed by atoms with Crippen molar-refractivity contribution in [2.24, 2.45) is 7.05 Å². The summed E-state index contributed by atoms with van der Waals surface area (Å²) >= 11 is 0. The summed E-state index contributed by atoms with van der Waals surface area (Å²) in [5.41, 5.74) is 2.83. The number of nitrogens with one attached hydrogen (secondary N) is 1. The van der Waals surface area contributed by atoms with Crippen LogP contribution in [0.3, 0.4) is 0 Å². The number of aryl methyl sites for hydroxylation is 1. The number of aromatic nitrogens is 1. The molecule has 0 spiro atoms. The molecule has 98 valence electrons. The van der Waals surface area contributed by atoms with Crippen LogP contribution in [0.5, 0.6) is 0 Å². The first-order valence-electron chi connectivity index (χ1n) is 6.14. The summed E-state index contributed by atoms with van der Waals surface area (Å²) in [6.45, 7) is 5.93. The Bertz CT molecular complexity index is 491. The van der Waals surface area contributed by atoms with Crippen molar-refractivity contribution in [2.45, 2.75) is 13.8 Å². The van der Waals surface area contributed by atoms with E-state index in [1.165, 1.54) is 0 Å². The second kappa shape index (κ2) is 4.94. The first kappa shape index (κ1) is 12.8. The minimum Gasteiger partial charge on any atom is -0.354 e. The average molecular weight is 249 g/mol. The van der Waals surface area contributed by atoms with E-state index in [0.29, 0.717) is 19.6 Å². The Labute approximate surface area is 107 Å². The van der Waals surface area contributed by atoms with Gasteiger partial charge in [-0.2, -0.15) is 0 Å². The van der Waals surface area contributed by atoms with Gasteiger partial charge < -0.3 is 9.88 Å². The van der Waals surface area contributed by atoms with Gasteiger partial charge in [0, 0.05) is 37.1 Å². The minimum atomic E-state index is -0.00462. The summed E-state index contributed by atoms with van der Waals surface area (Å²) in [4.78, 5) is 25.4. The number of hydrogen-bond donors (Lipinski definition) is 1. The Kier molecular flexibility index (Phi) is 3.52. The molecular weight excluding hydrogens is 230 g/mol. The summed E-state index contributed by atoms with van der Waals surface area (Å²) in [5, 5.41) is 2.75. The lowest BCUT2D eigenvalue weighted by Gasteiger charge is -2.25. The van der Waals surface area contributed by atoms with E-state index >= 15 is 0 Å². The number of piperazine rings is 1. The average Bonchev–Trinajstić information content (AvgIpc) is 2.57. The highest BCUT2D eigenvalue weighted by atomic mass is 16.2. The third-order valence-corrected chi connectivity index (χ3v) is 3.56. The molecule has 2 heterocycles. The summed E-state index contributed by atoms with van der Waals surface area (Å²) in [7, 11) is 1.95. The zero-order chi connectivity index (χ0) is 13.3. The van der Waals surface area contributed by atoms with Crippen LogP contribution in [0, 0.1) is 13.8 Å². The van der Waals surface area contributed by atoms with Crippen molar-refractivity contribution in [1.29, 1.82) is 0 Å². The van der Waals surface area contributed by atoms with E-state index in [9.17, 15) is 9.59 Å². The first-order chi connectivity index (χ1) is 8.49. The van der Waals surface area contributed by atoms with E-state index in [1.807, 2.05) is 36.4 Å². The quantitative estimate of drug-likeness (QED) is 0.782. The van der Waals surface area contributed by atoms with Gasteiger partial charge >= 0.3 is 0 Å². The molecule has 1 aromatic heterocycles. The molecule has 0 unspecified atom stereocenters. The maximum atomic E-state index is 12.2. The molecule has 0 aliphatic carbocycles. The highest BCUT2D eigenvalue weighted by Crippen LogP contribution is 2.14. The molecule has 1 saturated heterocycles. The zero-order valence-corrected chi connectivity index (χ0v) is 11.1. The topological polar surface area (TPSA) is 54.3 Å². The molecule has 0 aromatic carbocycles.